The molecule has 0 unspecified atom stereocenters. The first-order valence-electron chi connectivity index (χ1n) is 7.74. The van der Waals surface area contributed by atoms with Crippen molar-refractivity contribution in [2.45, 2.75) is 25.7 Å². The molecular weight excluding hydrogens is 266 g/mol. The Morgan fingerprint density at radius 3 is 2.71 bits per heavy atom. The minimum atomic E-state index is 0.0612. The Morgan fingerprint density at radius 1 is 1.05 bits per heavy atom. The number of anilines is 1. The Hall–Kier alpha value is -1.81. The largest absolute Gasteiger partial charge is 0.440 e. The summed E-state index contributed by atoms with van der Waals surface area (Å²) in [5.41, 5.74) is 3.45. The molecule has 2 heterocycles. The highest BCUT2D eigenvalue weighted by Gasteiger charge is 2.19. The lowest BCUT2D eigenvalue weighted by Crippen LogP contribution is -2.36. The molecule has 0 amide bonds. The zero-order chi connectivity index (χ0) is 14.2. The fourth-order valence-electron chi connectivity index (χ4n) is 3.37. The van der Waals surface area contributed by atoms with Gasteiger partial charge in [0.1, 0.15) is 5.58 Å². The van der Waals surface area contributed by atoms with Gasteiger partial charge in [-0.3, -0.25) is 4.79 Å². The first kappa shape index (κ1) is 12.9. The van der Waals surface area contributed by atoms with E-state index in [1.54, 1.807) is 6.07 Å². The fraction of sp³-hybridized carbons (Fsp3) is 0.471. The van der Waals surface area contributed by atoms with Gasteiger partial charge in [0, 0.05) is 19.2 Å². The third-order valence-electron chi connectivity index (χ3n) is 4.53. The molecule has 1 fully saturated rings. The van der Waals surface area contributed by atoms with Crippen LogP contribution in [-0.4, -0.2) is 26.3 Å². The highest BCUT2D eigenvalue weighted by atomic mass is 16.5. The van der Waals surface area contributed by atoms with Crippen molar-refractivity contribution in [2.75, 3.05) is 31.2 Å². The van der Waals surface area contributed by atoms with Crippen molar-refractivity contribution in [3.05, 3.63) is 39.5 Å². The van der Waals surface area contributed by atoms with Gasteiger partial charge in [0.2, 0.25) is 0 Å². The van der Waals surface area contributed by atoms with Crippen LogP contribution in [-0.2, 0) is 17.6 Å². The maximum atomic E-state index is 12.4. The summed E-state index contributed by atoms with van der Waals surface area (Å²) in [4.78, 5) is 14.5. The van der Waals surface area contributed by atoms with E-state index in [4.69, 9.17) is 9.15 Å². The van der Waals surface area contributed by atoms with Crippen molar-refractivity contribution in [1.29, 1.82) is 0 Å². The number of ether oxygens (including phenoxy) is 1. The average Bonchev–Trinajstić information content (AvgIpc) is 2.55. The maximum absolute atomic E-state index is 12.4. The van der Waals surface area contributed by atoms with Crippen molar-refractivity contribution in [3.63, 3.8) is 0 Å². The average molecular weight is 285 g/mol. The summed E-state index contributed by atoms with van der Waals surface area (Å²) >= 11 is 0. The van der Waals surface area contributed by atoms with E-state index < -0.39 is 0 Å². The van der Waals surface area contributed by atoms with Crippen LogP contribution in [0, 0.1) is 0 Å². The predicted octanol–water partition coefficient (Wildman–Crippen LogP) is 2.51. The van der Waals surface area contributed by atoms with Gasteiger partial charge in [0.15, 0.2) is 11.3 Å². The molecule has 0 bridgehead atoms. The molecule has 1 aromatic carbocycles. The van der Waals surface area contributed by atoms with Gasteiger partial charge in [0.05, 0.1) is 18.6 Å². The zero-order valence-corrected chi connectivity index (χ0v) is 12.1. The molecule has 0 spiro atoms. The van der Waals surface area contributed by atoms with E-state index in [1.807, 2.05) is 6.07 Å². The summed E-state index contributed by atoms with van der Waals surface area (Å²) in [6.45, 7) is 2.94. The minimum Gasteiger partial charge on any atom is -0.440 e. The van der Waals surface area contributed by atoms with Crippen LogP contribution < -0.4 is 10.3 Å². The first-order chi connectivity index (χ1) is 10.3. The van der Waals surface area contributed by atoms with Crippen LogP contribution in [0.3, 0.4) is 0 Å². The summed E-state index contributed by atoms with van der Waals surface area (Å²) in [7, 11) is 0. The van der Waals surface area contributed by atoms with E-state index in [9.17, 15) is 4.79 Å². The molecule has 1 saturated heterocycles. The van der Waals surface area contributed by atoms with Crippen LogP contribution in [0.25, 0.3) is 11.0 Å². The fourth-order valence-corrected chi connectivity index (χ4v) is 3.37. The molecule has 110 valence electrons. The van der Waals surface area contributed by atoms with Crippen LogP contribution in [0.1, 0.15) is 24.0 Å². The van der Waals surface area contributed by atoms with Gasteiger partial charge in [-0.05, 0) is 42.9 Å². The molecule has 0 saturated carbocycles. The second kappa shape index (κ2) is 5.19. The number of hydrogen-bond donors (Lipinski definition) is 0. The van der Waals surface area contributed by atoms with Crippen LogP contribution in [0.2, 0.25) is 0 Å². The Balaban J connectivity index is 1.88. The van der Waals surface area contributed by atoms with E-state index in [1.165, 1.54) is 24.0 Å². The SMILES string of the molecule is O=c1cc(N2CCOCC2)oc2c3c(ccc12)CCCC3. The van der Waals surface area contributed by atoms with Crippen molar-refractivity contribution >= 4 is 16.9 Å². The number of nitrogens with zero attached hydrogens (tertiary/aromatic N) is 1. The lowest BCUT2D eigenvalue weighted by Gasteiger charge is -2.27. The summed E-state index contributed by atoms with van der Waals surface area (Å²) in [6.07, 6.45) is 4.52. The van der Waals surface area contributed by atoms with Gasteiger partial charge in [-0.2, -0.15) is 0 Å². The minimum absolute atomic E-state index is 0.0612. The van der Waals surface area contributed by atoms with Crippen molar-refractivity contribution in [2.24, 2.45) is 0 Å². The van der Waals surface area contributed by atoms with Gasteiger partial charge < -0.3 is 14.1 Å². The summed E-state index contributed by atoms with van der Waals surface area (Å²) < 4.78 is 11.5. The van der Waals surface area contributed by atoms with Crippen LogP contribution in [0.4, 0.5) is 5.88 Å². The predicted molar refractivity (Wildman–Crippen MR) is 82.2 cm³/mol. The van der Waals surface area contributed by atoms with E-state index in [0.29, 0.717) is 24.5 Å². The molecule has 0 radical (unpaired) electrons. The Morgan fingerprint density at radius 2 is 1.86 bits per heavy atom. The molecule has 2 aliphatic rings. The topological polar surface area (TPSA) is 42.7 Å². The lowest BCUT2D eigenvalue weighted by atomic mass is 9.90. The molecule has 1 aliphatic heterocycles. The van der Waals surface area contributed by atoms with E-state index in [2.05, 4.69) is 11.0 Å². The van der Waals surface area contributed by atoms with E-state index >= 15 is 0 Å². The van der Waals surface area contributed by atoms with E-state index in [0.717, 1.165) is 31.5 Å². The summed E-state index contributed by atoms with van der Waals surface area (Å²) in [5.74, 6) is 0.690. The Labute approximate surface area is 123 Å². The van der Waals surface area contributed by atoms with Gasteiger partial charge in [0.25, 0.3) is 0 Å². The normalized spacial score (nSPS) is 18.8. The molecular formula is C17H19NO3. The number of aryl methyl sites for hydroxylation is 2. The molecule has 1 aromatic heterocycles. The molecule has 0 atom stereocenters. The molecule has 4 nitrogen and oxygen atoms in total. The molecule has 1 aliphatic carbocycles. The molecule has 21 heavy (non-hydrogen) atoms. The van der Waals surface area contributed by atoms with Gasteiger partial charge >= 0.3 is 0 Å². The Bertz CT molecular complexity index is 729. The third-order valence-corrected chi connectivity index (χ3v) is 4.53. The van der Waals surface area contributed by atoms with Crippen molar-refractivity contribution in [1.82, 2.24) is 0 Å². The second-order valence-electron chi connectivity index (χ2n) is 5.84. The third kappa shape index (κ3) is 2.23. The van der Waals surface area contributed by atoms with E-state index in [-0.39, 0.29) is 5.43 Å². The number of fused-ring (bicyclic) bond motifs is 3. The van der Waals surface area contributed by atoms with Crippen LogP contribution >= 0.6 is 0 Å². The summed E-state index contributed by atoms with van der Waals surface area (Å²) in [6, 6.07) is 5.65. The zero-order valence-electron chi connectivity index (χ0n) is 12.1. The van der Waals surface area contributed by atoms with Crippen molar-refractivity contribution < 1.29 is 9.15 Å². The number of morpholine rings is 1. The molecule has 4 rings (SSSR count). The second-order valence-corrected chi connectivity index (χ2v) is 5.84. The van der Waals surface area contributed by atoms with Crippen molar-refractivity contribution in [3.8, 4) is 0 Å². The summed E-state index contributed by atoms with van der Waals surface area (Å²) in [5, 5.41) is 0.715. The highest BCUT2D eigenvalue weighted by Crippen LogP contribution is 2.30. The van der Waals surface area contributed by atoms with Gasteiger partial charge in [-0.15, -0.1) is 0 Å². The number of rotatable bonds is 1. The maximum Gasteiger partial charge on any atom is 0.200 e. The van der Waals surface area contributed by atoms with Gasteiger partial charge in [-0.25, -0.2) is 0 Å². The highest BCUT2D eigenvalue weighted by molar-refractivity contribution is 5.82. The standard InChI is InChI=1S/C17H19NO3/c19-15-11-16(18-7-9-20-10-8-18)21-17-13-4-2-1-3-12(13)5-6-14(15)17/h5-6,11H,1-4,7-10H2. The van der Waals surface area contributed by atoms with Crippen LogP contribution in [0.5, 0.6) is 0 Å². The quantitative estimate of drug-likeness (QED) is 0.807. The number of benzene rings is 1. The molecule has 2 aromatic rings. The molecule has 0 N–H and O–H groups in total. The number of hydrogen-bond acceptors (Lipinski definition) is 4. The monoisotopic (exact) mass is 285 g/mol. The molecule has 4 heteroatoms. The lowest BCUT2D eigenvalue weighted by molar-refractivity contribution is 0.121. The Kier molecular flexibility index (Phi) is 3.19. The van der Waals surface area contributed by atoms with Gasteiger partial charge in [-0.1, -0.05) is 6.07 Å². The smallest absolute Gasteiger partial charge is 0.200 e. The first-order valence-corrected chi connectivity index (χ1v) is 7.74. The van der Waals surface area contributed by atoms with Crippen LogP contribution in [0.15, 0.2) is 27.4 Å².